The number of benzene rings is 2. The van der Waals surface area contributed by atoms with Crippen LogP contribution in [0.2, 0.25) is 0 Å². The average Bonchev–Trinajstić information content (AvgIpc) is 2.67. The van der Waals surface area contributed by atoms with Gasteiger partial charge in [0, 0.05) is 23.9 Å². The van der Waals surface area contributed by atoms with E-state index in [0.717, 1.165) is 53.0 Å². The van der Waals surface area contributed by atoms with Crippen molar-refractivity contribution in [2.24, 2.45) is 0 Å². The standard InChI is InChI=1S/C21H20N4/c1-3-8-18-16(6-1)10-12-20(24-18)22-14-5-15-23-21-13-11-17-7-2-4-9-19(17)25-21/h1-4,6-13H,5,14-15H2,(H,22,24)(H,23,25). The second-order valence-electron chi connectivity index (χ2n) is 5.99. The van der Waals surface area contributed by atoms with E-state index in [0.29, 0.717) is 0 Å². The highest BCUT2D eigenvalue weighted by molar-refractivity contribution is 5.80. The number of hydrogen-bond donors (Lipinski definition) is 2. The zero-order valence-corrected chi connectivity index (χ0v) is 13.9. The number of pyridine rings is 2. The van der Waals surface area contributed by atoms with E-state index in [9.17, 15) is 0 Å². The molecule has 2 heterocycles. The van der Waals surface area contributed by atoms with E-state index in [2.05, 4.69) is 44.9 Å². The SMILES string of the molecule is c1ccc2nc(NCCCNc3ccc4ccccc4n3)ccc2c1. The topological polar surface area (TPSA) is 49.8 Å². The summed E-state index contributed by atoms with van der Waals surface area (Å²) in [5.41, 5.74) is 2.04. The second-order valence-corrected chi connectivity index (χ2v) is 5.99. The number of para-hydroxylation sites is 2. The first kappa shape index (κ1) is 15.4. The molecule has 2 N–H and O–H groups in total. The molecular weight excluding hydrogens is 308 g/mol. The smallest absolute Gasteiger partial charge is 0.126 e. The van der Waals surface area contributed by atoms with Gasteiger partial charge in [0.1, 0.15) is 11.6 Å². The maximum absolute atomic E-state index is 4.62. The number of fused-ring (bicyclic) bond motifs is 2. The van der Waals surface area contributed by atoms with E-state index >= 15 is 0 Å². The quantitative estimate of drug-likeness (QED) is 0.504. The second kappa shape index (κ2) is 7.18. The highest BCUT2D eigenvalue weighted by Crippen LogP contribution is 2.15. The third kappa shape index (κ3) is 3.69. The van der Waals surface area contributed by atoms with Crippen LogP contribution < -0.4 is 10.6 Å². The van der Waals surface area contributed by atoms with Gasteiger partial charge in [-0.25, -0.2) is 9.97 Å². The Balaban J connectivity index is 1.28. The summed E-state index contributed by atoms with van der Waals surface area (Å²) in [6.07, 6.45) is 0.989. The number of nitrogens with one attached hydrogen (secondary N) is 2. The molecule has 0 amide bonds. The molecule has 0 spiro atoms. The first-order valence-corrected chi connectivity index (χ1v) is 8.58. The Morgan fingerprint density at radius 2 is 1.04 bits per heavy atom. The minimum absolute atomic E-state index is 0.867. The number of anilines is 2. The van der Waals surface area contributed by atoms with Crippen molar-refractivity contribution >= 4 is 33.4 Å². The first-order chi connectivity index (χ1) is 12.4. The largest absolute Gasteiger partial charge is 0.370 e. The van der Waals surface area contributed by atoms with Crippen LogP contribution in [0.3, 0.4) is 0 Å². The third-order valence-electron chi connectivity index (χ3n) is 4.16. The Kier molecular flexibility index (Phi) is 4.42. The van der Waals surface area contributed by atoms with Crippen LogP contribution >= 0.6 is 0 Å². The van der Waals surface area contributed by atoms with Crippen molar-refractivity contribution < 1.29 is 0 Å². The van der Waals surface area contributed by atoms with Crippen molar-refractivity contribution in [3.8, 4) is 0 Å². The summed E-state index contributed by atoms with van der Waals surface area (Å²) in [6.45, 7) is 1.73. The first-order valence-electron chi connectivity index (χ1n) is 8.58. The van der Waals surface area contributed by atoms with Crippen LogP contribution in [0.1, 0.15) is 6.42 Å². The van der Waals surface area contributed by atoms with Crippen LogP contribution in [0, 0.1) is 0 Å². The minimum Gasteiger partial charge on any atom is -0.370 e. The molecule has 0 aliphatic carbocycles. The normalized spacial score (nSPS) is 10.9. The summed E-state index contributed by atoms with van der Waals surface area (Å²) in [5, 5.41) is 9.09. The maximum Gasteiger partial charge on any atom is 0.126 e. The molecule has 0 aliphatic rings. The molecule has 0 bridgehead atoms. The van der Waals surface area contributed by atoms with Gasteiger partial charge in [-0.2, -0.15) is 0 Å². The molecule has 4 aromatic rings. The van der Waals surface area contributed by atoms with Crippen molar-refractivity contribution in [2.45, 2.75) is 6.42 Å². The zero-order valence-electron chi connectivity index (χ0n) is 13.9. The van der Waals surface area contributed by atoms with E-state index in [1.165, 1.54) is 0 Å². The van der Waals surface area contributed by atoms with Gasteiger partial charge < -0.3 is 10.6 Å². The maximum atomic E-state index is 4.62. The van der Waals surface area contributed by atoms with Crippen LogP contribution in [-0.4, -0.2) is 23.1 Å². The lowest BCUT2D eigenvalue weighted by Gasteiger charge is -2.09. The molecule has 0 fully saturated rings. The van der Waals surface area contributed by atoms with Crippen molar-refractivity contribution in [1.29, 1.82) is 0 Å². The van der Waals surface area contributed by atoms with Crippen molar-refractivity contribution in [1.82, 2.24) is 9.97 Å². The number of hydrogen-bond acceptors (Lipinski definition) is 4. The van der Waals surface area contributed by atoms with Gasteiger partial charge in [0.25, 0.3) is 0 Å². The van der Waals surface area contributed by atoms with Gasteiger partial charge in [0.2, 0.25) is 0 Å². The van der Waals surface area contributed by atoms with E-state index in [1.807, 2.05) is 48.5 Å². The Morgan fingerprint density at radius 3 is 1.56 bits per heavy atom. The molecule has 2 aromatic carbocycles. The van der Waals surface area contributed by atoms with Crippen LogP contribution in [0.25, 0.3) is 21.8 Å². The van der Waals surface area contributed by atoms with Gasteiger partial charge in [-0.15, -0.1) is 0 Å². The summed E-state index contributed by atoms with van der Waals surface area (Å²) in [6, 6.07) is 24.6. The summed E-state index contributed by atoms with van der Waals surface area (Å²) in [7, 11) is 0. The summed E-state index contributed by atoms with van der Waals surface area (Å²) < 4.78 is 0. The molecule has 0 saturated carbocycles. The number of nitrogens with zero attached hydrogens (tertiary/aromatic N) is 2. The molecule has 4 nitrogen and oxygen atoms in total. The highest BCUT2D eigenvalue weighted by atomic mass is 15.0. The zero-order chi connectivity index (χ0) is 16.9. The summed E-state index contributed by atoms with van der Waals surface area (Å²) in [5.74, 6) is 1.84. The fourth-order valence-corrected chi connectivity index (χ4v) is 2.85. The molecule has 0 unspecified atom stereocenters. The summed E-state index contributed by atoms with van der Waals surface area (Å²) in [4.78, 5) is 9.24. The molecule has 4 heteroatoms. The van der Waals surface area contributed by atoms with Gasteiger partial charge in [0.15, 0.2) is 0 Å². The molecule has 25 heavy (non-hydrogen) atoms. The van der Waals surface area contributed by atoms with E-state index < -0.39 is 0 Å². The van der Waals surface area contributed by atoms with Crippen molar-refractivity contribution in [3.05, 3.63) is 72.8 Å². The van der Waals surface area contributed by atoms with E-state index in [4.69, 9.17) is 0 Å². The number of rotatable bonds is 6. The van der Waals surface area contributed by atoms with Crippen LogP contribution in [-0.2, 0) is 0 Å². The Labute approximate surface area is 146 Å². The van der Waals surface area contributed by atoms with Crippen molar-refractivity contribution in [3.63, 3.8) is 0 Å². The fourth-order valence-electron chi connectivity index (χ4n) is 2.85. The highest BCUT2D eigenvalue weighted by Gasteiger charge is 1.99. The molecule has 0 atom stereocenters. The molecule has 0 aliphatic heterocycles. The van der Waals surface area contributed by atoms with Gasteiger partial charge >= 0.3 is 0 Å². The fraction of sp³-hybridized carbons (Fsp3) is 0.143. The molecular formula is C21H20N4. The lowest BCUT2D eigenvalue weighted by atomic mass is 10.2. The van der Waals surface area contributed by atoms with Crippen LogP contribution in [0.5, 0.6) is 0 Å². The Bertz CT molecular complexity index is 916. The minimum atomic E-state index is 0.867. The lowest BCUT2D eigenvalue weighted by molar-refractivity contribution is 0.901. The monoisotopic (exact) mass is 328 g/mol. The van der Waals surface area contributed by atoms with Crippen LogP contribution in [0.15, 0.2) is 72.8 Å². The van der Waals surface area contributed by atoms with Crippen molar-refractivity contribution in [2.75, 3.05) is 23.7 Å². The molecule has 0 radical (unpaired) electrons. The van der Waals surface area contributed by atoms with Gasteiger partial charge in [-0.3, -0.25) is 0 Å². The number of aromatic nitrogens is 2. The van der Waals surface area contributed by atoms with E-state index in [-0.39, 0.29) is 0 Å². The predicted octanol–water partition coefficient (Wildman–Crippen LogP) is 4.70. The summed E-state index contributed by atoms with van der Waals surface area (Å²) >= 11 is 0. The van der Waals surface area contributed by atoms with Gasteiger partial charge in [0.05, 0.1) is 11.0 Å². The molecule has 4 rings (SSSR count). The average molecular weight is 328 g/mol. The third-order valence-corrected chi connectivity index (χ3v) is 4.16. The van der Waals surface area contributed by atoms with Gasteiger partial charge in [-0.05, 0) is 42.8 Å². The Morgan fingerprint density at radius 1 is 0.560 bits per heavy atom. The van der Waals surface area contributed by atoms with E-state index in [1.54, 1.807) is 0 Å². The lowest BCUT2D eigenvalue weighted by Crippen LogP contribution is -2.10. The molecule has 0 saturated heterocycles. The Hall–Kier alpha value is -3.14. The molecule has 2 aromatic heterocycles. The molecule has 124 valence electrons. The van der Waals surface area contributed by atoms with Crippen LogP contribution in [0.4, 0.5) is 11.6 Å². The predicted molar refractivity (Wildman–Crippen MR) is 105 cm³/mol. The van der Waals surface area contributed by atoms with Gasteiger partial charge in [-0.1, -0.05) is 36.4 Å².